The fourth-order valence-corrected chi connectivity index (χ4v) is 2.99. The van der Waals surface area contributed by atoms with Crippen LogP contribution in [0.15, 0.2) is 89.5 Å². The molecule has 2 nitrogen and oxygen atoms in total. The second kappa shape index (κ2) is 13.5. The number of hydrogen-bond donors (Lipinski definition) is 0. The summed E-state index contributed by atoms with van der Waals surface area (Å²) in [7, 11) is 0. The van der Waals surface area contributed by atoms with Crippen LogP contribution in [0.2, 0.25) is 0 Å². The van der Waals surface area contributed by atoms with Crippen molar-refractivity contribution in [2.24, 2.45) is 0 Å². The van der Waals surface area contributed by atoms with Crippen LogP contribution in [0.4, 0.5) is 0 Å². The van der Waals surface area contributed by atoms with Crippen molar-refractivity contribution >= 4 is 0 Å². The average Bonchev–Trinajstić information content (AvgIpc) is 2.73. The van der Waals surface area contributed by atoms with E-state index in [4.69, 9.17) is 9.47 Å². The van der Waals surface area contributed by atoms with Gasteiger partial charge in [-0.25, -0.2) is 0 Å². The third kappa shape index (κ3) is 10.2. The minimum atomic E-state index is 0.575. The number of allylic oxidation sites excluding steroid dienone is 5. The van der Waals surface area contributed by atoms with Gasteiger partial charge in [-0.15, -0.1) is 0 Å². The summed E-state index contributed by atoms with van der Waals surface area (Å²) in [6.07, 6.45) is 11.3. The van der Waals surface area contributed by atoms with Gasteiger partial charge in [0, 0.05) is 0 Å². The van der Waals surface area contributed by atoms with Gasteiger partial charge in [-0.05, 0) is 89.3 Å². The zero-order valence-corrected chi connectivity index (χ0v) is 19.0. The predicted octanol–water partition coefficient (Wildman–Crippen LogP) is 8.06. The van der Waals surface area contributed by atoms with Crippen LogP contribution < -0.4 is 9.47 Å². The number of ether oxygens (including phenoxy) is 2. The fourth-order valence-electron chi connectivity index (χ4n) is 2.99. The first-order chi connectivity index (χ1) is 14.5. The van der Waals surface area contributed by atoms with Crippen LogP contribution in [-0.4, -0.2) is 6.61 Å². The highest BCUT2D eigenvalue weighted by atomic mass is 16.5. The molecule has 0 aliphatic carbocycles. The summed E-state index contributed by atoms with van der Waals surface area (Å²) in [5.74, 6) is 1.71. The zero-order chi connectivity index (χ0) is 21.6. The highest BCUT2D eigenvalue weighted by Gasteiger charge is 1.98. The number of benzene rings is 2. The Labute approximate surface area is 182 Å². The second-order valence-electron chi connectivity index (χ2n) is 8.02. The molecule has 160 valence electrons. The molecule has 0 aliphatic heterocycles. The molecule has 0 aromatic heterocycles. The molecule has 0 bridgehead atoms. The maximum atomic E-state index is 5.84. The van der Waals surface area contributed by atoms with Gasteiger partial charge in [-0.2, -0.15) is 0 Å². The lowest BCUT2D eigenvalue weighted by Crippen LogP contribution is -1.96. The third-order valence-electron chi connectivity index (χ3n) is 4.88. The second-order valence-corrected chi connectivity index (χ2v) is 8.02. The Morgan fingerprint density at radius 3 is 1.87 bits per heavy atom. The smallest absolute Gasteiger partial charge is 0.120 e. The van der Waals surface area contributed by atoms with Gasteiger partial charge >= 0.3 is 0 Å². The summed E-state index contributed by atoms with van der Waals surface area (Å²) in [5, 5.41) is 0. The van der Waals surface area contributed by atoms with E-state index < -0.39 is 0 Å². The van der Waals surface area contributed by atoms with Crippen molar-refractivity contribution in [3.8, 4) is 11.5 Å². The fraction of sp³-hybridized carbons (Fsp3) is 0.357. The Morgan fingerprint density at radius 2 is 1.23 bits per heavy atom. The minimum Gasteiger partial charge on any atom is -0.490 e. The highest BCUT2D eigenvalue weighted by molar-refractivity contribution is 5.31. The van der Waals surface area contributed by atoms with E-state index in [0.717, 1.165) is 42.7 Å². The van der Waals surface area contributed by atoms with E-state index in [0.29, 0.717) is 13.2 Å². The Morgan fingerprint density at radius 1 is 0.667 bits per heavy atom. The molecule has 2 aromatic rings. The lowest BCUT2D eigenvalue weighted by Gasteiger charge is -2.08. The van der Waals surface area contributed by atoms with Gasteiger partial charge in [0.05, 0.1) is 0 Å². The molecule has 0 saturated carbocycles. The van der Waals surface area contributed by atoms with Crippen molar-refractivity contribution in [1.82, 2.24) is 0 Å². The van der Waals surface area contributed by atoms with Crippen LogP contribution >= 0.6 is 0 Å². The Hall–Kier alpha value is -2.74. The van der Waals surface area contributed by atoms with Crippen molar-refractivity contribution in [3.63, 3.8) is 0 Å². The molecule has 0 saturated heterocycles. The maximum Gasteiger partial charge on any atom is 0.120 e. The highest BCUT2D eigenvalue weighted by Crippen LogP contribution is 2.19. The Bertz CT molecular complexity index is 823. The van der Waals surface area contributed by atoms with Gasteiger partial charge in [-0.3, -0.25) is 0 Å². The van der Waals surface area contributed by atoms with Crippen LogP contribution in [0.25, 0.3) is 0 Å². The molecule has 30 heavy (non-hydrogen) atoms. The Balaban J connectivity index is 1.67. The Kier molecular flexibility index (Phi) is 10.6. The first kappa shape index (κ1) is 23.5. The number of hydrogen-bond acceptors (Lipinski definition) is 2. The van der Waals surface area contributed by atoms with Crippen molar-refractivity contribution in [2.75, 3.05) is 6.61 Å². The van der Waals surface area contributed by atoms with Gasteiger partial charge in [0.25, 0.3) is 0 Å². The molecule has 0 aliphatic rings. The van der Waals surface area contributed by atoms with Crippen LogP contribution in [0.5, 0.6) is 11.5 Å². The average molecular weight is 405 g/mol. The topological polar surface area (TPSA) is 18.5 Å². The van der Waals surface area contributed by atoms with E-state index in [-0.39, 0.29) is 0 Å². The summed E-state index contributed by atoms with van der Waals surface area (Å²) in [4.78, 5) is 0. The van der Waals surface area contributed by atoms with E-state index in [1.54, 1.807) is 0 Å². The third-order valence-corrected chi connectivity index (χ3v) is 4.88. The largest absolute Gasteiger partial charge is 0.490 e. The first-order valence-electron chi connectivity index (χ1n) is 10.9. The SMILES string of the molecule is CC(C)=CCC/C(C)=C/CC/C(C)=C/COc1ccc(OCc2ccccc2)cc1. The van der Waals surface area contributed by atoms with Gasteiger partial charge in [0.2, 0.25) is 0 Å². The van der Waals surface area contributed by atoms with Crippen molar-refractivity contribution in [1.29, 1.82) is 0 Å². The van der Waals surface area contributed by atoms with E-state index >= 15 is 0 Å². The number of rotatable bonds is 12. The van der Waals surface area contributed by atoms with Gasteiger partial charge in [0.15, 0.2) is 0 Å². The first-order valence-corrected chi connectivity index (χ1v) is 10.9. The van der Waals surface area contributed by atoms with E-state index in [1.165, 1.54) is 16.7 Å². The quantitative estimate of drug-likeness (QED) is 0.333. The summed E-state index contributed by atoms with van der Waals surface area (Å²) < 4.78 is 11.7. The molecule has 2 heteroatoms. The normalized spacial score (nSPS) is 11.9. The molecule has 0 unspecified atom stereocenters. The molecular formula is C28H36O2. The summed E-state index contributed by atoms with van der Waals surface area (Å²) in [5.41, 5.74) is 5.41. The minimum absolute atomic E-state index is 0.575. The maximum absolute atomic E-state index is 5.84. The monoisotopic (exact) mass is 404 g/mol. The lowest BCUT2D eigenvalue weighted by molar-refractivity contribution is 0.305. The summed E-state index contributed by atoms with van der Waals surface area (Å²) in [6, 6.07) is 18.0. The van der Waals surface area contributed by atoms with Crippen LogP contribution in [0.3, 0.4) is 0 Å². The van der Waals surface area contributed by atoms with Gasteiger partial charge < -0.3 is 9.47 Å². The van der Waals surface area contributed by atoms with E-state index in [9.17, 15) is 0 Å². The summed E-state index contributed by atoms with van der Waals surface area (Å²) in [6.45, 7) is 9.89. The van der Waals surface area contributed by atoms with Crippen LogP contribution in [0.1, 0.15) is 58.9 Å². The zero-order valence-electron chi connectivity index (χ0n) is 19.0. The van der Waals surface area contributed by atoms with Crippen molar-refractivity contribution in [3.05, 3.63) is 95.1 Å². The van der Waals surface area contributed by atoms with Crippen molar-refractivity contribution in [2.45, 2.75) is 60.0 Å². The molecule has 2 aromatic carbocycles. The van der Waals surface area contributed by atoms with E-state index in [1.807, 2.05) is 42.5 Å². The lowest BCUT2D eigenvalue weighted by atomic mass is 10.1. The molecule has 0 heterocycles. The van der Waals surface area contributed by atoms with E-state index in [2.05, 4.69) is 58.1 Å². The van der Waals surface area contributed by atoms with Crippen molar-refractivity contribution < 1.29 is 9.47 Å². The van der Waals surface area contributed by atoms with Gasteiger partial charge in [-0.1, -0.05) is 59.2 Å². The predicted molar refractivity (Wildman–Crippen MR) is 128 cm³/mol. The molecule has 0 fully saturated rings. The summed E-state index contributed by atoms with van der Waals surface area (Å²) >= 11 is 0. The molecule has 0 amide bonds. The molecule has 2 rings (SSSR count). The molecule has 0 spiro atoms. The molecule has 0 radical (unpaired) electrons. The molecular weight excluding hydrogens is 368 g/mol. The molecule has 0 atom stereocenters. The molecule has 0 N–H and O–H groups in total. The standard InChI is InChI=1S/C28H36O2/c1-23(2)10-8-11-24(3)12-9-13-25(4)20-21-29-27-16-18-28(19-17-27)30-22-26-14-6-5-7-15-26/h5-7,10,12,14-20H,8-9,11,13,21-22H2,1-4H3/b24-12+,25-20+. The van der Waals surface area contributed by atoms with Crippen LogP contribution in [0, 0.1) is 0 Å². The van der Waals surface area contributed by atoms with Gasteiger partial charge in [0.1, 0.15) is 24.7 Å². The van der Waals surface area contributed by atoms with Crippen LogP contribution in [-0.2, 0) is 6.61 Å².